The van der Waals surface area contributed by atoms with E-state index in [9.17, 15) is 17.2 Å². The Balaban J connectivity index is 2.23. The number of benzene rings is 1. The minimum atomic E-state index is -4.03. The Hall–Kier alpha value is -0.570. The van der Waals surface area contributed by atoms with Crippen LogP contribution >= 0.6 is 15.9 Å². The third-order valence-corrected chi connectivity index (χ3v) is 5.99. The summed E-state index contributed by atoms with van der Waals surface area (Å²) < 4.78 is 53.9. The van der Waals surface area contributed by atoms with Crippen molar-refractivity contribution in [2.75, 3.05) is 19.6 Å². The number of hydrogen-bond donors (Lipinski definition) is 1. The van der Waals surface area contributed by atoms with Crippen molar-refractivity contribution in [1.82, 2.24) is 9.62 Å². The van der Waals surface area contributed by atoms with E-state index in [2.05, 4.69) is 25.6 Å². The van der Waals surface area contributed by atoms with Crippen LogP contribution < -0.4 is 4.72 Å². The predicted molar refractivity (Wildman–Crippen MR) is 79.5 cm³/mol. The van der Waals surface area contributed by atoms with Crippen molar-refractivity contribution >= 4 is 26.0 Å². The van der Waals surface area contributed by atoms with Crippen LogP contribution in [0.4, 0.5) is 8.78 Å². The van der Waals surface area contributed by atoms with Gasteiger partial charge in [0.15, 0.2) is 0 Å². The molecule has 0 bridgehead atoms. The SMILES string of the molecule is CCN1CCCC(NS(=O)(=O)c2c(F)cc(F)cc2Br)C1. The highest BCUT2D eigenvalue weighted by atomic mass is 79.9. The molecule has 21 heavy (non-hydrogen) atoms. The molecule has 1 atom stereocenters. The van der Waals surface area contributed by atoms with Crippen LogP contribution in [0.5, 0.6) is 0 Å². The fourth-order valence-corrected chi connectivity index (χ4v) is 4.93. The summed E-state index contributed by atoms with van der Waals surface area (Å²) in [4.78, 5) is 1.59. The van der Waals surface area contributed by atoms with Crippen molar-refractivity contribution in [3.8, 4) is 0 Å². The lowest BCUT2D eigenvalue weighted by Crippen LogP contribution is -2.47. The van der Waals surface area contributed by atoms with Crippen molar-refractivity contribution < 1.29 is 17.2 Å². The number of sulfonamides is 1. The van der Waals surface area contributed by atoms with Crippen LogP contribution in [0.25, 0.3) is 0 Å². The van der Waals surface area contributed by atoms with Crippen molar-refractivity contribution in [1.29, 1.82) is 0 Å². The Morgan fingerprint density at radius 1 is 1.43 bits per heavy atom. The summed E-state index contributed by atoms with van der Waals surface area (Å²) in [6, 6.07) is 1.25. The Morgan fingerprint density at radius 3 is 2.76 bits per heavy atom. The van der Waals surface area contributed by atoms with Crippen LogP contribution in [-0.4, -0.2) is 39.0 Å². The quantitative estimate of drug-likeness (QED) is 0.869. The summed E-state index contributed by atoms with van der Waals surface area (Å²) in [6.07, 6.45) is 1.59. The van der Waals surface area contributed by atoms with E-state index < -0.39 is 26.6 Å². The van der Waals surface area contributed by atoms with Crippen LogP contribution in [-0.2, 0) is 10.0 Å². The highest BCUT2D eigenvalue weighted by Crippen LogP contribution is 2.26. The third-order valence-electron chi connectivity index (χ3n) is 3.51. The van der Waals surface area contributed by atoms with Gasteiger partial charge in [0.1, 0.15) is 16.5 Å². The average molecular weight is 383 g/mol. The van der Waals surface area contributed by atoms with Crippen LogP contribution in [0.15, 0.2) is 21.5 Å². The van der Waals surface area contributed by atoms with Gasteiger partial charge in [-0.2, -0.15) is 0 Å². The first-order chi connectivity index (χ1) is 9.83. The monoisotopic (exact) mass is 382 g/mol. The Kier molecular flexibility index (Phi) is 5.34. The van der Waals surface area contributed by atoms with E-state index in [1.54, 1.807) is 0 Å². The van der Waals surface area contributed by atoms with Gasteiger partial charge in [0.05, 0.1) is 0 Å². The van der Waals surface area contributed by atoms with E-state index in [0.29, 0.717) is 19.0 Å². The van der Waals surface area contributed by atoms with Crippen molar-refractivity contribution in [3.63, 3.8) is 0 Å². The van der Waals surface area contributed by atoms with Crippen molar-refractivity contribution in [2.45, 2.75) is 30.7 Å². The molecule has 1 aliphatic rings. The molecule has 1 aliphatic heterocycles. The lowest BCUT2D eigenvalue weighted by Gasteiger charge is -2.32. The Morgan fingerprint density at radius 2 is 2.14 bits per heavy atom. The highest BCUT2D eigenvalue weighted by molar-refractivity contribution is 9.10. The van der Waals surface area contributed by atoms with Gasteiger partial charge < -0.3 is 4.90 Å². The summed E-state index contributed by atoms with van der Waals surface area (Å²) in [6.45, 7) is 4.37. The zero-order valence-electron chi connectivity index (χ0n) is 11.6. The molecule has 0 saturated carbocycles. The number of likely N-dealkylation sites (N-methyl/N-ethyl adjacent to an activating group) is 1. The number of rotatable bonds is 4. The molecule has 0 spiro atoms. The van der Waals surface area contributed by atoms with Gasteiger partial charge in [0, 0.05) is 23.1 Å². The molecular weight excluding hydrogens is 366 g/mol. The molecule has 118 valence electrons. The number of hydrogen-bond acceptors (Lipinski definition) is 3. The molecule has 1 aromatic carbocycles. The Bertz CT molecular complexity index is 602. The Labute approximate surface area is 131 Å². The molecule has 0 aliphatic carbocycles. The van der Waals surface area contributed by atoms with E-state index in [4.69, 9.17) is 0 Å². The molecule has 1 aromatic rings. The maximum Gasteiger partial charge on any atom is 0.244 e. The maximum absolute atomic E-state index is 13.8. The van der Waals surface area contributed by atoms with Crippen molar-refractivity contribution in [2.24, 2.45) is 0 Å². The summed E-state index contributed by atoms with van der Waals surface area (Å²) in [5, 5.41) is 0. The van der Waals surface area contributed by atoms with E-state index in [0.717, 1.165) is 25.6 Å². The lowest BCUT2D eigenvalue weighted by atomic mass is 10.1. The molecule has 1 unspecified atom stereocenters. The number of likely N-dealkylation sites (tertiary alicyclic amines) is 1. The first-order valence-electron chi connectivity index (χ1n) is 6.72. The van der Waals surface area contributed by atoms with Gasteiger partial charge in [-0.05, 0) is 47.9 Å². The minimum Gasteiger partial charge on any atom is -0.302 e. The van der Waals surface area contributed by atoms with E-state index in [1.165, 1.54) is 0 Å². The van der Waals surface area contributed by atoms with Crippen molar-refractivity contribution in [3.05, 3.63) is 28.2 Å². The normalized spacial score (nSPS) is 20.7. The van der Waals surface area contributed by atoms with Gasteiger partial charge >= 0.3 is 0 Å². The molecular formula is C13H17BrF2N2O2S. The smallest absolute Gasteiger partial charge is 0.244 e. The molecule has 1 N–H and O–H groups in total. The topological polar surface area (TPSA) is 49.4 Å². The summed E-state index contributed by atoms with van der Waals surface area (Å²) >= 11 is 2.91. The zero-order chi connectivity index (χ0) is 15.6. The van der Waals surface area contributed by atoms with Crippen LogP contribution in [0.2, 0.25) is 0 Å². The summed E-state index contributed by atoms with van der Waals surface area (Å²) in [5.41, 5.74) is 0. The third kappa shape index (κ3) is 4.00. The molecule has 2 rings (SSSR count). The van der Waals surface area contributed by atoms with Crippen LogP contribution in [0.1, 0.15) is 19.8 Å². The van der Waals surface area contributed by atoms with Crippen LogP contribution in [0, 0.1) is 11.6 Å². The number of nitrogens with zero attached hydrogens (tertiary/aromatic N) is 1. The maximum atomic E-state index is 13.8. The zero-order valence-corrected chi connectivity index (χ0v) is 14.0. The molecule has 8 heteroatoms. The standard InChI is InChI=1S/C13H17BrF2N2O2S/c1-2-18-5-3-4-10(8-18)17-21(19,20)13-11(14)6-9(15)7-12(13)16/h6-7,10,17H,2-5,8H2,1H3. The molecule has 1 saturated heterocycles. The summed E-state index contributed by atoms with van der Waals surface area (Å²) in [5.74, 6) is -1.93. The van der Waals surface area contributed by atoms with Gasteiger partial charge in [-0.25, -0.2) is 21.9 Å². The second-order valence-corrected chi connectivity index (χ2v) is 7.56. The fourth-order valence-electron chi connectivity index (χ4n) is 2.50. The fraction of sp³-hybridized carbons (Fsp3) is 0.538. The second-order valence-electron chi connectivity index (χ2n) is 5.05. The number of piperidine rings is 1. The summed E-state index contributed by atoms with van der Waals surface area (Å²) in [7, 11) is -4.03. The second kappa shape index (κ2) is 6.68. The largest absolute Gasteiger partial charge is 0.302 e. The molecule has 1 heterocycles. The first-order valence-corrected chi connectivity index (χ1v) is 9.00. The lowest BCUT2D eigenvalue weighted by molar-refractivity contribution is 0.211. The minimum absolute atomic E-state index is 0.115. The molecule has 0 radical (unpaired) electrons. The van der Waals surface area contributed by atoms with Gasteiger partial charge in [-0.3, -0.25) is 0 Å². The molecule has 4 nitrogen and oxygen atoms in total. The first kappa shape index (κ1) is 16.8. The van der Waals surface area contributed by atoms with Gasteiger partial charge in [0.2, 0.25) is 10.0 Å². The van der Waals surface area contributed by atoms with E-state index >= 15 is 0 Å². The molecule has 1 fully saturated rings. The van der Waals surface area contributed by atoms with E-state index in [-0.39, 0.29) is 10.5 Å². The highest BCUT2D eigenvalue weighted by Gasteiger charge is 2.28. The molecule has 0 aromatic heterocycles. The van der Waals surface area contributed by atoms with Crippen LogP contribution in [0.3, 0.4) is 0 Å². The van der Waals surface area contributed by atoms with Gasteiger partial charge in [0.25, 0.3) is 0 Å². The predicted octanol–water partition coefficient (Wildman–Crippen LogP) is 2.49. The average Bonchev–Trinajstić information content (AvgIpc) is 2.36. The van der Waals surface area contributed by atoms with Gasteiger partial charge in [-0.15, -0.1) is 0 Å². The number of nitrogens with one attached hydrogen (secondary N) is 1. The molecule has 0 amide bonds. The van der Waals surface area contributed by atoms with E-state index in [1.807, 2.05) is 6.92 Å². The number of halogens is 3. The van der Waals surface area contributed by atoms with Gasteiger partial charge in [-0.1, -0.05) is 6.92 Å².